The smallest absolute Gasteiger partial charge is 0.0610 e. The van der Waals surface area contributed by atoms with Crippen molar-refractivity contribution in [2.75, 3.05) is 40.0 Å². The molecular weight excluding hydrogens is 252 g/mol. The summed E-state index contributed by atoms with van der Waals surface area (Å²) >= 11 is 0. The Hall–Kier alpha value is -0.160. The Balaban J connectivity index is 4.18. The average molecular weight is 288 g/mol. The van der Waals surface area contributed by atoms with Crippen LogP contribution in [-0.2, 0) is 4.74 Å². The molecule has 0 spiro atoms. The molecule has 0 saturated heterocycles. The number of methoxy groups -OCH3 is 1. The van der Waals surface area contributed by atoms with Crippen LogP contribution in [0.5, 0.6) is 0 Å². The lowest BCUT2D eigenvalue weighted by Gasteiger charge is -2.32. The summed E-state index contributed by atoms with van der Waals surface area (Å²) < 4.78 is 5.19. The van der Waals surface area contributed by atoms with Gasteiger partial charge >= 0.3 is 0 Å². The van der Waals surface area contributed by atoms with Crippen molar-refractivity contribution in [3.63, 3.8) is 0 Å². The minimum absolute atomic E-state index is 0.140. The first-order valence-electron chi connectivity index (χ1n) is 8.11. The lowest BCUT2D eigenvalue weighted by Crippen LogP contribution is -2.47. The summed E-state index contributed by atoms with van der Waals surface area (Å²) in [6.07, 6.45) is 4.36. The molecule has 4 heteroatoms. The van der Waals surface area contributed by atoms with E-state index in [0.717, 1.165) is 51.9 Å². The van der Waals surface area contributed by atoms with E-state index in [9.17, 15) is 5.11 Å². The highest BCUT2D eigenvalue weighted by Gasteiger charge is 2.22. The predicted molar refractivity (Wildman–Crippen MR) is 86.2 cm³/mol. The molecule has 4 nitrogen and oxygen atoms in total. The zero-order valence-electron chi connectivity index (χ0n) is 14.2. The fraction of sp³-hybridized carbons (Fsp3) is 1.00. The third kappa shape index (κ3) is 8.20. The molecule has 0 aromatic rings. The summed E-state index contributed by atoms with van der Waals surface area (Å²) in [5, 5.41) is 13.0. The van der Waals surface area contributed by atoms with Crippen molar-refractivity contribution >= 4 is 0 Å². The molecule has 0 aromatic carbocycles. The van der Waals surface area contributed by atoms with E-state index in [4.69, 9.17) is 4.74 Å². The van der Waals surface area contributed by atoms with Gasteiger partial charge in [0, 0.05) is 25.2 Å². The number of hydrogen-bond acceptors (Lipinski definition) is 4. The van der Waals surface area contributed by atoms with Gasteiger partial charge in [0.05, 0.1) is 13.2 Å². The lowest BCUT2D eigenvalue weighted by atomic mass is 9.96. The quantitative estimate of drug-likeness (QED) is 0.546. The van der Waals surface area contributed by atoms with Crippen molar-refractivity contribution in [3.05, 3.63) is 0 Å². The van der Waals surface area contributed by atoms with E-state index in [1.807, 2.05) is 0 Å². The number of aliphatic hydroxyl groups is 1. The van der Waals surface area contributed by atoms with Crippen LogP contribution in [0.4, 0.5) is 0 Å². The van der Waals surface area contributed by atoms with E-state index >= 15 is 0 Å². The van der Waals surface area contributed by atoms with Crippen molar-refractivity contribution in [1.29, 1.82) is 0 Å². The Bertz CT molecular complexity index is 227. The number of aliphatic hydroxyl groups excluding tert-OH is 1. The van der Waals surface area contributed by atoms with Crippen molar-refractivity contribution in [2.24, 2.45) is 0 Å². The molecule has 20 heavy (non-hydrogen) atoms. The summed E-state index contributed by atoms with van der Waals surface area (Å²) in [5.41, 5.74) is -0.140. The molecule has 122 valence electrons. The Labute approximate surface area is 125 Å². The van der Waals surface area contributed by atoms with Crippen molar-refractivity contribution < 1.29 is 9.84 Å². The molecule has 0 saturated carbocycles. The molecule has 0 aliphatic rings. The molecule has 2 unspecified atom stereocenters. The summed E-state index contributed by atoms with van der Waals surface area (Å²) in [5.74, 6) is 0. The summed E-state index contributed by atoms with van der Waals surface area (Å²) in [6.45, 7) is 12.8. The number of nitrogens with zero attached hydrogens (tertiary/aromatic N) is 1. The molecule has 2 N–H and O–H groups in total. The summed E-state index contributed by atoms with van der Waals surface area (Å²) in [7, 11) is 1.76. The molecule has 0 aromatic heterocycles. The standard InChI is InChI=1S/C16H36N2O2/c1-6-10-17-16(4,14-19)9-8-11-18(12-13-20-5)15(3)7-2/h15,17,19H,6-14H2,1-5H3. The van der Waals surface area contributed by atoms with Gasteiger partial charge in [-0.15, -0.1) is 0 Å². The number of ether oxygens (including phenoxy) is 1. The topological polar surface area (TPSA) is 44.7 Å². The summed E-state index contributed by atoms with van der Waals surface area (Å²) in [6, 6.07) is 0.592. The van der Waals surface area contributed by atoms with Gasteiger partial charge in [-0.25, -0.2) is 0 Å². The maximum atomic E-state index is 9.58. The Morgan fingerprint density at radius 3 is 2.50 bits per heavy atom. The van der Waals surface area contributed by atoms with Crippen molar-refractivity contribution in [2.45, 2.75) is 65.0 Å². The van der Waals surface area contributed by atoms with Gasteiger partial charge in [0.2, 0.25) is 0 Å². The second kappa shape index (κ2) is 11.5. The second-order valence-electron chi connectivity index (χ2n) is 6.04. The molecule has 0 bridgehead atoms. The third-order valence-electron chi connectivity index (χ3n) is 4.12. The summed E-state index contributed by atoms with van der Waals surface area (Å²) in [4.78, 5) is 2.49. The van der Waals surface area contributed by atoms with Crippen LogP contribution in [0, 0.1) is 0 Å². The minimum Gasteiger partial charge on any atom is -0.394 e. The first-order chi connectivity index (χ1) is 9.52. The molecule has 0 aliphatic carbocycles. The van der Waals surface area contributed by atoms with Gasteiger partial charge in [-0.1, -0.05) is 13.8 Å². The number of hydrogen-bond donors (Lipinski definition) is 2. The second-order valence-corrected chi connectivity index (χ2v) is 6.04. The van der Waals surface area contributed by atoms with Gasteiger partial charge < -0.3 is 15.2 Å². The first-order valence-corrected chi connectivity index (χ1v) is 8.11. The maximum Gasteiger partial charge on any atom is 0.0610 e. The SMILES string of the molecule is CCCNC(C)(CO)CCCN(CCOC)C(C)CC. The lowest BCUT2D eigenvalue weighted by molar-refractivity contribution is 0.113. The highest BCUT2D eigenvalue weighted by molar-refractivity contribution is 4.82. The van der Waals surface area contributed by atoms with Crippen molar-refractivity contribution in [3.8, 4) is 0 Å². The van der Waals surface area contributed by atoms with Gasteiger partial charge in [-0.2, -0.15) is 0 Å². The molecule has 0 radical (unpaired) electrons. The van der Waals surface area contributed by atoms with Crippen LogP contribution in [0.15, 0.2) is 0 Å². The molecule has 0 fully saturated rings. The fourth-order valence-corrected chi connectivity index (χ4v) is 2.34. The van der Waals surface area contributed by atoms with Crippen LogP contribution >= 0.6 is 0 Å². The highest BCUT2D eigenvalue weighted by Crippen LogP contribution is 2.14. The van der Waals surface area contributed by atoms with E-state index in [1.54, 1.807) is 7.11 Å². The zero-order chi connectivity index (χ0) is 15.4. The zero-order valence-corrected chi connectivity index (χ0v) is 14.2. The van der Waals surface area contributed by atoms with E-state index in [0.29, 0.717) is 6.04 Å². The monoisotopic (exact) mass is 288 g/mol. The predicted octanol–water partition coefficient (Wildman–Crippen LogP) is 2.26. The van der Waals surface area contributed by atoms with Gasteiger partial charge in [-0.3, -0.25) is 4.90 Å². The molecule has 2 atom stereocenters. The first kappa shape index (κ1) is 19.8. The van der Waals surface area contributed by atoms with Crippen molar-refractivity contribution in [1.82, 2.24) is 10.2 Å². The Kier molecular flexibility index (Phi) is 11.4. The largest absolute Gasteiger partial charge is 0.394 e. The molecular formula is C16H36N2O2. The van der Waals surface area contributed by atoms with Crippen LogP contribution < -0.4 is 5.32 Å². The minimum atomic E-state index is -0.140. The Morgan fingerprint density at radius 2 is 2.00 bits per heavy atom. The van der Waals surface area contributed by atoms with Crippen LogP contribution in [0.1, 0.15) is 53.4 Å². The van der Waals surface area contributed by atoms with Crippen LogP contribution in [0.2, 0.25) is 0 Å². The van der Waals surface area contributed by atoms with Gasteiger partial charge in [-0.05, 0) is 52.6 Å². The van der Waals surface area contributed by atoms with E-state index in [1.165, 1.54) is 0 Å². The fourth-order valence-electron chi connectivity index (χ4n) is 2.34. The molecule has 0 heterocycles. The van der Waals surface area contributed by atoms with Crippen LogP contribution in [0.25, 0.3) is 0 Å². The molecule has 0 amide bonds. The van der Waals surface area contributed by atoms with Crippen LogP contribution in [-0.4, -0.2) is 61.5 Å². The van der Waals surface area contributed by atoms with Gasteiger partial charge in [0.1, 0.15) is 0 Å². The van der Waals surface area contributed by atoms with E-state index in [-0.39, 0.29) is 12.1 Å². The van der Waals surface area contributed by atoms with E-state index < -0.39 is 0 Å². The average Bonchev–Trinajstić information content (AvgIpc) is 2.47. The highest BCUT2D eigenvalue weighted by atomic mass is 16.5. The van der Waals surface area contributed by atoms with Gasteiger partial charge in [0.15, 0.2) is 0 Å². The molecule has 0 aliphatic heterocycles. The molecule has 0 rings (SSSR count). The number of nitrogens with one attached hydrogen (secondary N) is 1. The Morgan fingerprint density at radius 1 is 1.30 bits per heavy atom. The third-order valence-corrected chi connectivity index (χ3v) is 4.12. The maximum absolute atomic E-state index is 9.58. The normalized spacial score (nSPS) is 16.4. The van der Waals surface area contributed by atoms with E-state index in [2.05, 4.69) is 37.9 Å². The van der Waals surface area contributed by atoms with Crippen LogP contribution in [0.3, 0.4) is 0 Å². The van der Waals surface area contributed by atoms with Gasteiger partial charge in [0.25, 0.3) is 0 Å². The number of rotatable bonds is 13.